The van der Waals surface area contributed by atoms with E-state index in [9.17, 15) is 19.8 Å². The molecule has 0 spiro atoms. The molecule has 0 saturated heterocycles. The van der Waals surface area contributed by atoms with Crippen molar-refractivity contribution in [1.82, 2.24) is 5.32 Å². The van der Waals surface area contributed by atoms with Crippen molar-refractivity contribution < 1.29 is 24.5 Å². The number of aliphatic hydroxyl groups is 2. The summed E-state index contributed by atoms with van der Waals surface area (Å²) in [6, 6.07) is -0.730. The van der Waals surface area contributed by atoms with E-state index in [0.717, 1.165) is 77.0 Å². The smallest absolute Gasteiger partial charge is 0.306 e. The van der Waals surface area contributed by atoms with E-state index in [2.05, 4.69) is 68.6 Å². The fraction of sp³-hybridized carbons (Fsp3) is 0.690. The van der Waals surface area contributed by atoms with Crippen LogP contribution in [0.2, 0.25) is 0 Å². The van der Waals surface area contributed by atoms with Gasteiger partial charge in [-0.05, 0) is 77.0 Å². The largest absolute Gasteiger partial charge is 0.462 e. The molecule has 0 aromatic heterocycles. The lowest BCUT2D eigenvalue weighted by atomic mass is 10.0. The van der Waals surface area contributed by atoms with Gasteiger partial charge in [-0.3, -0.25) is 9.59 Å². The fourth-order valence-corrected chi connectivity index (χ4v) is 7.53. The first-order valence-corrected chi connectivity index (χ1v) is 26.5. The Balaban J connectivity index is 4.72. The lowest BCUT2D eigenvalue weighted by Crippen LogP contribution is -2.46. The van der Waals surface area contributed by atoms with Gasteiger partial charge < -0.3 is 20.3 Å². The van der Waals surface area contributed by atoms with Gasteiger partial charge in [0.15, 0.2) is 0 Å². The van der Waals surface area contributed by atoms with Crippen molar-refractivity contribution in [3.63, 3.8) is 0 Å². The molecule has 64 heavy (non-hydrogen) atoms. The minimum atomic E-state index is -0.812. The topological polar surface area (TPSA) is 95.9 Å². The molecule has 0 aromatic carbocycles. The molecule has 0 radical (unpaired) electrons. The third-order valence-corrected chi connectivity index (χ3v) is 11.5. The van der Waals surface area contributed by atoms with Crippen molar-refractivity contribution in [2.75, 3.05) is 6.61 Å². The third-order valence-electron chi connectivity index (χ3n) is 11.5. The number of aliphatic hydroxyl groups excluding tert-OH is 2. The van der Waals surface area contributed by atoms with Gasteiger partial charge in [0.2, 0.25) is 5.91 Å². The van der Waals surface area contributed by atoms with Crippen molar-refractivity contribution in [1.29, 1.82) is 0 Å². The van der Waals surface area contributed by atoms with E-state index in [-0.39, 0.29) is 31.3 Å². The zero-order chi connectivity index (χ0) is 46.7. The summed E-state index contributed by atoms with van der Waals surface area (Å²) in [5.41, 5.74) is 0. The summed E-state index contributed by atoms with van der Waals surface area (Å²) in [6.45, 7) is 6.29. The zero-order valence-electron chi connectivity index (χ0n) is 41.6. The molecule has 0 heterocycles. The van der Waals surface area contributed by atoms with Crippen LogP contribution >= 0.6 is 0 Å². The Labute approximate surface area is 395 Å². The third kappa shape index (κ3) is 45.4. The number of hydrogen-bond donors (Lipinski definition) is 3. The second-order valence-electron chi connectivity index (χ2n) is 17.7. The highest BCUT2D eigenvalue weighted by atomic mass is 16.5. The fourth-order valence-electron chi connectivity index (χ4n) is 7.53. The summed E-state index contributed by atoms with van der Waals surface area (Å²) in [5.74, 6) is -0.589. The molecular weight excluding hydrogens is 791 g/mol. The maximum atomic E-state index is 13.2. The first kappa shape index (κ1) is 60.8. The number of rotatable bonds is 46. The van der Waals surface area contributed by atoms with Crippen molar-refractivity contribution in [2.24, 2.45) is 0 Å². The molecule has 3 N–H and O–H groups in total. The van der Waals surface area contributed by atoms with Crippen molar-refractivity contribution >= 4 is 11.9 Å². The van der Waals surface area contributed by atoms with Gasteiger partial charge in [-0.2, -0.15) is 0 Å². The summed E-state index contributed by atoms with van der Waals surface area (Å²) in [6.07, 6.45) is 67.5. The van der Waals surface area contributed by atoms with Crippen LogP contribution in [-0.4, -0.2) is 46.9 Å². The van der Waals surface area contributed by atoms with Gasteiger partial charge >= 0.3 is 5.97 Å². The molecule has 3 atom stereocenters. The molecule has 0 aliphatic rings. The van der Waals surface area contributed by atoms with Crippen LogP contribution in [0.1, 0.15) is 233 Å². The second-order valence-corrected chi connectivity index (χ2v) is 17.7. The van der Waals surface area contributed by atoms with Crippen LogP contribution < -0.4 is 5.32 Å². The Morgan fingerprint density at radius 3 is 1.44 bits per heavy atom. The quantitative estimate of drug-likeness (QED) is 0.0245. The Morgan fingerprint density at radius 1 is 0.484 bits per heavy atom. The second kappa shape index (κ2) is 50.8. The molecule has 0 saturated carbocycles. The monoisotopic (exact) mass is 890 g/mol. The molecule has 3 unspecified atom stereocenters. The summed E-state index contributed by atoms with van der Waals surface area (Å²) < 4.78 is 5.89. The van der Waals surface area contributed by atoms with Crippen LogP contribution in [0.3, 0.4) is 0 Å². The maximum absolute atomic E-state index is 13.2. The van der Waals surface area contributed by atoms with Gasteiger partial charge in [0.1, 0.15) is 6.10 Å². The van der Waals surface area contributed by atoms with Crippen molar-refractivity contribution in [2.45, 2.75) is 251 Å². The summed E-state index contributed by atoms with van der Waals surface area (Å²) >= 11 is 0. The van der Waals surface area contributed by atoms with Crippen LogP contribution in [0.15, 0.2) is 97.2 Å². The highest BCUT2D eigenvalue weighted by Crippen LogP contribution is 2.17. The number of ether oxygens (including phenoxy) is 1. The Morgan fingerprint density at radius 2 is 0.906 bits per heavy atom. The van der Waals surface area contributed by atoms with Crippen LogP contribution in [0.25, 0.3) is 0 Å². The predicted molar refractivity (Wildman–Crippen MR) is 277 cm³/mol. The number of esters is 1. The number of carbonyl (C=O) groups excluding carboxylic acids is 2. The van der Waals surface area contributed by atoms with E-state index in [4.69, 9.17) is 4.74 Å². The van der Waals surface area contributed by atoms with Crippen molar-refractivity contribution in [3.05, 3.63) is 97.2 Å². The number of amides is 1. The minimum Gasteiger partial charge on any atom is -0.462 e. The molecule has 0 aromatic rings. The lowest BCUT2D eigenvalue weighted by molar-refractivity contribution is -0.151. The molecule has 366 valence electrons. The molecular formula is C58H99NO5. The Kier molecular flexibility index (Phi) is 48.2. The van der Waals surface area contributed by atoms with E-state index in [1.807, 2.05) is 54.7 Å². The van der Waals surface area contributed by atoms with E-state index >= 15 is 0 Å². The average Bonchev–Trinajstić information content (AvgIpc) is 3.29. The number of nitrogens with one attached hydrogen (secondary N) is 1. The molecule has 6 heteroatoms. The molecule has 6 nitrogen and oxygen atoms in total. The van der Waals surface area contributed by atoms with Crippen LogP contribution in [0.4, 0.5) is 0 Å². The summed E-state index contributed by atoms with van der Waals surface area (Å²) in [5, 5.41) is 23.8. The first-order chi connectivity index (χ1) is 31.5. The number of hydrogen-bond acceptors (Lipinski definition) is 5. The highest BCUT2D eigenvalue weighted by molar-refractivity contribution is 5.77. The molecule has 0 bridgehead atoms. The lowest BCUT2D eigenvalue weighted by Gasteiger charge is -2.24. The van der Waals surface area contributed by atoms with Gasteiger partial charge in [-0.15, -0.1) is 0 Å². The molecule has 0 fully saturated rings. The van der Waals surface area contributed by atoms with Gasteiger partial charge in [0, 0.05) is 6.42 Å². The maximum Gasteiger partial charge on any atom is 0.306 e. The van der Waals surface area contributed by atoms with E-state index < -0.39 is 18.2 Å². The normalized spacial score (nSPS) is 14.0. The van der Waals surface area contributed by atoms with Gasteiger partial charge in [-0.1, -0.05) is 240 Å². The summed E-state index contributed by atoms with van der Waals surface area (Å²) in [4.78, 5) is 26.1. The average molecular weight is 890 g/mol. The van der Waals surface area contributed by atoms with E-state index in [1.165, 1.54) is 103 Å². The molecule has 0 aliphatic heterocycles. The molecule has 0 aliphatic carbocycles. The number of carbonyl (C=O) groups is 2. The van der Waals surface area contributed by atoms with Gasteiger partial charge in [0.05, 0.1) is 25.2 Å². The van der Waals surface area contributed by atoms with Crippen LogP contribution in [0, 0.1) is 0 Å². The van der Waals surface area contributed by atoms with E-state index in [0.29, 0.717) is 19.3 Å². The standard InChI is InChI=1S/C58H99NO5/c1-4-7-10-13-16-19-22-25-27-28-30-32-34-37-40-43-46-49-54(64-58(63)51-48-45-42-39-36-31-24-21-18-15-12-9-6-3)52-57(62)59-55(53-60)56(61)50-47-44-41-38-35-33-29-26-23-20-17-14-11-8-5-2/h9,12,15-16,18-19,21,24-25,27,30-32,36,39,42,54-56,60-61H,4-8,10-11,13-14,17,20,22-23,26,28-29,33-35,37-38,40-41,43-53H2,1-3H3,(H,59,62)/b12-9+,18-15+,19-16-,24-21-,27-25-,32-30-,36-31-,42-39+. The van der Waals surface area contributed by atoms with Crippen LogP contribution in [0.5, 0.6) is 0 Å². The number of allylic oxidation sites excluding steroid dienone is 16. The van der Waals surface area contributed by atoms with E-state index in [1.54, 1.807) is 0 Å². The molecule has 0 rings (SSSR count). The Hall–Kier alpha value is -3.22. The highest BCUT2D eigenvalue weighted by Gasteiger charge is 2.24. The van der Waals surface area contributed by atoms with Gasteiger partial charge in [0.25, 0.3) is 0 Å². The predicted octanol–water partition coefficient (Wildman–Crippen LogP) is 16.1. The minimum absolute atomic E-state index is 0.0289. The first-order valence-electron chi connectivity index (χ1n) is 26.5. The summed E-state index contributed by atoms with van der Waals surface area (Å²) in [7, 11) is 0. The van der Waals surface area contributed by atoms with Crippen molar-refractivity contribution in [3.8, 4) is 0 Å². The zero-order valence-corrected chi connectivity index (χ0v) is 41.6. The molecule has 1 amide bonds. The Bertz CT molecular complexity index is 1270. The van der Waals surface area contributed by atoms with Crippen LogP contribution in [-0.2, 0) is 14.3 Å². The SMILES string of the molecule is CC/C=C/C=C/C=C\C=C/C=C/CCCC(=O)OC(CCCCCC/C=C\C/C=C\C/C=C\CCCCC)CC(=O)NC(CO)C(O)CCCCCCCCCCCCCCCCC. The van der Waals surface area contributed by atoms with Gasteiger partial charge in [-0.25, -0.2) is 0 Å². The number of unbranched alkanes of at least 4 members (excludes halogenated alkanes) is 22.